The normalized spacial score (nSPS) is 22.7. The van der Waals surface area contributed by atoms with Crippen molar-refractivity contribution in [2.75, 3.05) is 0 Å². The lowest BCUT2D eigenvalue weighted by atomic mass is 9.85. The Hall–Kier alpha value is -2.67. The van der Waals surface area contributed by atoms with Gasteiger partial charge in [0.05, 0.1) is 0 Å². The third-order valence-electron chi connectivity index (χ3n) is 10.1. The molecule has 2 fully saturated rings. The molecule has 4 aliphatic rings. The predicted molar refractivity (Wildman–Crippen MR) is 196 cm³/mol. The van der Waals surface area contributed by atoms with Crippen molar-refractivity contribution in [2.24, 2.45) is 28.7 Å². The molecule has 1 aliphatic heterocycles. The number of aliphatic imine (C=N–C) groups is 1. The maximum Gasteiger partial charge on any atom is 0.0491 e. The highest BCUT2D eigenvalue weighted by molar-refractivity contribution is 6.05. The second-order valence-electron chi connectivity index (χ2n) is 14.3. The molecule has 3 atom stereocenters. The first kappa shape index (κ1) is 34.2. The fraction of sp³-hybridized carbons (Fsp3) is 0.558. The van der Waals surface area contributed by atoms with Crippen LogP contribution in [0.1, 0.15) is 130 Å². The highest BCUT2D eigenvalue weighted by Crippen LogP contribution is 2.38. The van der Waals surface area contributed by atoms with E-state index in [1.165, 1.54) is 123 Å². The van der Waals surface area contributed by atoms with Gasteiger partial charge in [-0.3, -0.25) is 4.99 Å². The van der Waals surface area contributed by atoms with Gasteiger partial charge < -0.3 is 0 Å². The molecular formula is C43H63N. The third kappa shape index (κ3) is 10.7. The summed E-state index contributed by atoms with van der Waals surface area (Å²) in [7, 11) is 0. The fourth-order valence-corrected chi connectivity index (χ4v) is 8.05. The molecule has 1 heteroatoms. The summed E-state index contributed by atoms with van der Waals surface area (Å²) in [5.41, 5.74) is 10.2. The van der Waals surface area contributed by atoms with E-state index in [2.05, 4.69) is 81.7 Å². The van der Waals surface area contributed by atoms with Gasteiger partial charge >= 0.3 is 0 Å². The van der Waals surface area contributed by atoms with Gasteiger partial charge in [-0.1, -0.05) is 157 Å². The van der Waals surface area contributed by atoms with Gasteiger partial charge in [-0.25, -0.2) is 0 Å². The lowest BCUT2D eigenvalue weighted by Gasteiger charge is -2.21. The second kappa shape index (κ2) is 17.7. The quantitative estimate of drug-likeness (QED) is 0.116. The van der Waals surface area contributed by atoms with Crippen LogP contribution in [-0.2, 0) is 12.8 Å². The third-order valence-corrected chi connectivity index (χ3v) is 10.1. The van der Waals surface area contributed by atoms with Gasteiger partial charge in [-0.05, 0) is 79.6 Å². The number of nitrogens with zero attached hydrogens (tertiary/aromatic N) is 1. The molecule has 0 N–H and O–H groups in total. The van der Waals surface area contributed by atoms with E-state index in [4.69, 9.17) is 4.99 Å². The minimum Gasteiger partial charge on any atom is -0.257 e. The van der Waals surface area contributed by atoms with Gasteiger partial charge in [0.25, 0.3) is 0 Å². The Kier molecular flexibility index (Phi) is 13.8. The van der Waals surface area contributed by atoms with Crippen LogP contribution in [0.15, 0.2) is 101 Å². The first-order valence-corrected chi connectivity index (χ1v) is 18.2. The number of rotatable bonds is 14. The first-order chi connectivity index (χ1) is 21.4. The van der Waals surface area contributed by atoms with Crippen LogP contribution in [0.4, 0.5) is 0 Å². The second-order valence-corrected chi connectivity index (χ2v) is 14.3. The van der Waals surface area contributed by atoms with Crippen molar-refractivity contribution in [3.8, 4) is 0 Å². The van der Waals surface area contributed by atoms with Crippen molar-refractivity contribution in [1.29, 1.82) is 0 Å². The summed E-state index contributed by atoms with van der Waals surface area (Å²) in [6, 6.07) is 9.23. The van der Waals surface area contributed by atoms with Crippen molar-refractivity contribution in [3.05, 3.63) is 107 Å². The molecule has 3 aliphatic carbocycles. The van der Waals surface area contributed by atoms with E-state index in [9.17, 15) is 0 Å². The van der Waals surface area contributed by atoms with Crippen LogP contribution in [0.5, 0.6) is 0 Å². The maximum absolute atomic E-state index is 5.11. The average Bonchev–Trinajstić information content (AvgIpc) is 3.67. The molecule has 1 aromatic rings. The lowest BCUT2D eigenvalue weighted by molar-refractivity contribution is 0.323. The molecule has 0 aromatic heterocycles. The molecule has 0 spiro atoms. The summed E-state index contributed by atoms with van der Waals surface area (Å²) in [6.07, 6.45) is 32.8. The van der Waals surface area contributed by atoms with E-state index < -0.39 is 0 Å². The monoisotopic (exact) mass is 593 g/mol. The predicted octanol–water partition coefficient (Wildman–Crippen LogP) is 12.9. The van der Waals surface area contributed by atoms with Gasteiger partial charge in [0.2, 0.25) is 0 Å². The standard InChI is InChI=1S/C41H55N.C2H6.H2/c1-30(2)23-31(3)26-41-40-16-10-15-38(40)29-39(42-41)28-36-19-17-35(18-20-36)24-32(4)25-37-22-21-34(27-37)14-9-8-13-33-11-6-5-7-12-33;1-2;/h10,15-20,23,29,33-34,37-38H,3-9,11-14,21-22,24-28H2,1-2H3;1-2H3;1H/t34-,37?,38?;;/m1../s1. The molecular weight excluding hydrogens is 530 g/mol. The zero-order valence-corrected chi connectivity index (χ0v) is 28.7. The molecule has 1 aromatic carbocycles. The molecule has 240 valence electrons. The van der Waals surface area contributed by atoms with Crippen molar-refractivity contribution >= 4 is 5.71 Å². The minimum atomic E-state index is 0. The van der Waals surface area contributed by atoms with E-state index >= 15 is 0 Å². The molecule has 0 bridgehead atoms. The van der Waals surface area contributed by atoms with Crippen LogP contribution in [0.25, 0.3) is 0 Å². The van der Waals surface area contributed by atoms with Crippen LogP contribution >= 0.6 is 0 Å². The van der Waals surface area contributed by atoms with Crippen LogP contribution < -0.4 is 0 Å². The largest absolute Gasteiger partial charge is 0.257 e. The summed E-state index contributed by atoms with van der Waals surface area (Å²) in [5, 5.41) is 0. The van der Waals surface area contributed by atoms with Gasteiger partial charge in [-0.2, -0.15) is 0 Å². The lowest BCUT2D eigenvalue weighted by Crippen LogP contribution is -2.15. The topological polar surface area (TPSA) is 12.4 Å². The summed E-state index contributed by atoms with van der Waals surface area (Å²) in [5.74, 6) is 3.24. The van der Waals surface area contributed by atoms with Crippen LogP contribution in [0.2, 0.25) is 0 Å². The van der Waals surface area contributed by atoms with Crippen LogP contribution in [0, 0.1) is 23.7 Å². The van der Waals surface area contributed by atoms with E-state index in [0.717, 1.165) is 42.6 Å². The SMILES string of the molecule is C=C(C=C(C)C)CC1=NC(Cc2ccc(CC(=C)CC3CC[C@@H](CCCCC4CCCCC4)C3)cc2)=CC2C=CC=C12.CC.[HH]. The average molecular weight is 594 g/mol. The van der Waals surface area contributed by atoms with E-state index in [1.54, 1.807) is 0 Å². The molecule has 0 saturated heterocycles. The summed E-state index contributed by atoms with van der Waals surface area (Å²) >= 11 is 0. The molecule has 0 radical (unpaired) electrons. The Labute approximate surface area is 272 Å². The summed E-state index contributed by atoms with van der Waals surface area (Å²) < 4.78 is 0. The van der Waals surface area contributed by atoms with Crippen molar-refractivity contribution in [1.82, 2.24) is 0 Å². The van der Waals surface area contributed by atoms with Crippen molar-refractivity contribution < 1.29 is 1.43 Å². The van der Waals surface area contributed by atoms with Crippen molar-refractivity contribution in [2.45, 2.75) is 130 Å². The molecule has 5 rings (SSSR count). The highest BCUT2D eigenvalue weighted by atomic mass is 14.8. The Morgan fingerprint density at radius 1 is 0.864 bits per heavy atom. The van der Waals surface area contributed by atoms with Crippen LogP contribution in [-0.4, -0.2) is 5.71 Å². The van der Waals surface area contributed by atoms with E-state index in [1.807, 2.05) is 13.8 Å². The summed E-state index contributed by atoms with van der Waals surface area (Å²) in [6.45, 7) is 17.0. The van der Waals surface area contributed by atoms with Crippen LogP contribution in [0.3, 0.4) is 0 Å². The Morgan fingerprint density at radius 3 is 2.27 bits per heavy atom. The van der Waals surface area contributed by atoms with Gasteiger partial charge in [-0.15, -0.1) is 0 Å². The van der Waals surface area contributed by atoms with E-state index in [-0.39, 0.29) is 1.43 Å². The zero-order valence-electron chi connectivity index (χ0n) is 28.7. The Morgan fingerprint density at radius 2 is 1.55 bits per heavy atom. The molecule has 1 nitrogen and oxygen atoms in total. The van der Waals surface area contributed by atoms with E-state index in [0.29, 0.717) is 5.92 Å². The molecule has 2 saturated carbocycles. The van der Waals surface area contributed by atoms with Gasteiger partial charge in [0.1, 0.15) is 0 Å². The summed E-state index contributed by atoms with van der Waals surface area (Å²) in [4.78, 5) is 5.11. The fourth-order valence-electron chi connectivity index (χ4n) is 8.05. The first-order valence-electron chi connectivity index (χ1n) is 18.2. The molecule has 0 amide bonds. The number of allylic oxidation sites excluding steroid dienone is 10. The highest BCUT2D eigenvalue weighted by Gasteiger charge is 2.25. The number of unbranched alkanes of at least 4 members (excludes halogenated alkanes) is 1. The minimum absolute atomic E-state index is 0. The van der Waals surface area contributed by atoms with Gasteiger partial charge in [0.15, 0.2) is 0 Å². The number of fused-ring (bicyclic) bond motifs is 1. The molecule has 1 heterocycles. The number of benzene rings is 1. The van der Waals surface area contributed by atoms with Crippen molar-refractivity contribution in [3.63, 3.8) is 0 Å². The van der Waals surface area contributed by atoms with Gasteiger partial charge in [0, 0.05) is 31.6 Å². The number of hydrogen-bond acceptors (Lipinski definition) is 1. The number of hydrogen-bond donors (Lipinski definition) is 0. The Balaban J connectivity index is 0.00000180. The molecule has 2 unspecified atom stereocenters. The smallest absolute Gasteiger partial charge is 0.0491 e. The molecule has 44 heavy (non-hydrogen) atoms. The maximum atomic E-state index is 5.11. The Bertz CT molecular complexity index is 1240. The zero-order chi connectivity index (χ0) is 31.3.